The van der Waals surface area contributed by atoms with Crippen molar-refractivity contribution in [3.8, 4) is 0 Å². The first kappa shape index (κ1) is 11.0. The summed E-state index contributed by atoms with van der Waals surface area (Å²) in [5, 5.41) is 4.45. The number of hydrogen-bond acceptors (Lipinski definition) is 1. The summed E-state index contributed by atoms with van der Waals surface area (Å²) < 4.78 is 2.09. The fourth-order valence-corrected chi connectivity index (χ4v) is 2.39. The molecule has 1 N–H and O–H groups in total. The van der Waals surface area contributed by atoms with Crippen LogP contribution in [0.5, 0.6) is 0 Å². The van der Waals surface area contributed by atoms with Crippen LogP contribution in [0.4, 0.5) is 0 Å². The SMILES string of the molecule is CCC(NCc1cc(Cl)cn1C)C1CC1. The van der Waals surface area contributed by atoms with Crippen molar-refractivity contribution in [2.75, 3.05) is 0 Å². The van der Waals surface area contributed by atoms with Gasteiger partial charge in [-0.1, -0.05) is 18.5 Å². The van der Waals surface area contributed by atoms with Crippen molar-refractivity contribution in [2.45, 2.75) is 38.8 Å². The van der Waals surface area contributed by atoms with E-state index in [0.29, 0.717) is 6.04 Å². The molecule has 1 saturated carbocycles. The lowest BCUT2D eigenvalue weighted by atomic mass is 10.1. The molecule has 2 rings (SSSR count). The Labute approximate surface area is 96.6 Å². The van der Waals surface area contributed by atoms with Crippen molar-refractivity contribution >= 4 is 11.6 Å². The van der Waals surface area contributed by atoms with Crippen LogP contribution >= 0.6 is 11.6 Å². The van der Waals surface area contributed by atoms with Crippen molar-refractivity contribution in [1.82, 2.24) is 9.88 Å². The van der Waals surface area contributed by atoms with E-state index in [1.54, 1.807) is 0 Å². The predicted octanol–water partition coefficient (Wildman–Crippen LogP) is 2.96. The zero-order chi connectivity index (χ0) is 10.8. The summed E-state index contributed by atoms with van der Waals surface area (Å²) in [6.45, 7) is 3.19. The van der Waals surface area contributed by atoms with E-state index in [9.17, 15) is 0 Å². The summed E-state index contributed by atoms with van der Waals surface area (Å²) in [5.74, 6) is 0.922. The van der Waals surface area contributed by atoms with Crippen molar-refractivity contribution in [3.05, 3.63) is 23.0 Å². The van der Waals surface area contributed by atoms with Crippen molar-refractivity contribution in [3.63, 3.8) is 0 Å². The Bertz CT molecular complexity index is 328. The largest absolute Gasteiger partial charge is 0.352 e. The molecule has 3 heteroatoms. The number of halogens is 1. The standard InChI is InChI=1S/C12H19ClN2/c1-3-12(9-4-5-9)14-7-11-6-10(13)8-15(11)2/h6,8-9,12,14H,3-5,7H2,1-2H3. The molecule has 0 aromatic carbocycles. The lowest BCUT2D eigenvalue weighted by molar-refractivity contribution is 0.443. The summed E-state index contributed by atoms with van der Waals surface area (Å²) in [6.07, 6.45) is 5.98. The minimum Gasteiger partial charge on any atom is -0.352 e. The lowest BCUT2D eigenvalue weighted by Gasteiger charge is -2.16. The van der Waals surface area contributed by atoms with Crippen LogP contribution in [0.15, 0.2) is 12.3 Å². The van der Waals surface area contributed by atoms with E-state index in [-0.39, 0.29) is 0 Å². The molecule has 0 spiro atoms. The summed E-state index contributed by atoms with van der Waals surface area (Å²) in [4.78, 5) is 0. The molecule has 0 saturated heterocycles. The number of hydrogen-bond donors (Lipinski definition) is 1. The van der Waals surface area contributed by atoms with Gasteiger partial charge in [0.1, 0.15) is 0 Å². The Morgan fingerprint density at radius 1 is 1.60 bits per heavy atom. The van der Waals surface area contributed by atoms with Crippen molar-refractivity contribution in [1.29, 1.82) is 0 Å². The molecular formula is C12H19ClN2. The van der Waals surface area contributed by atoms with Crippen LogP contribution in [0.3, 0.4) is 0 Å². The Morgan fingerprint density at radius 3 is 2.80 bits per heavy atom. The van der Waals surface area contributed by atoms with Gasteiger partial charge in [0, 0.05) is 31.5 Å². The summed E-state index contributed by atoms with van der Waals surface area (Å²) in [6, 6.07) is 2.73. The number of nitrogens with one attached hydrogen (secondary N) is 1. The van der Waals surface area contributed by atoms with Gasteiger partial charge in [-0.2, -0.15) is 0 Å². The van der Waals surface area contributed by atoms with Gasteiger partial charge in [-0.15, -0.1) is 0 Å². The predicted molar refractivity (Wildman–Crippen MR) is 64.1 cm³/mol. The molecule has 0 aliphatic heterocycles. The normalized spacial score (nSPS) is 18.1. The highest BCUT2D eigenvalue weighted by atomic mass is 35.5. The maximum Gasteiger partial charge on any atom is 0.0585 e. The van der Waals surface area contributed by atoms with E-state index >= 15 is 0 Å². The fraction of sp³-hybridized carbons (Fsp3) is 0.667. The quantitative estimate of drug-likeness (QED) is 0.817. The topological polar surface area (TPSA) is 17.0 Å². The maximum atomic E-state index is 5.94. The number of aromatic nitrogens is 1. The Hall–Kier alpha value is -0.470. The number of rotatable bonds is 5. The highest BCUT2D eigenvalue weighted by molar-refractivity contribution is 6.30. The first-order valence-corrected chi connectivity index (χ1v) is 6.12. The van der Waals surface area contributed by atoms with Crippen LogP contribution in [-0.4, -0.2) is 10.6 Å². The van der Waals surface area contributed by atoms with Gasteiger partial charge in [-0.25, -0.2) is 0 Å². The molecule has 2 nitrogen and oxygen atoms in total. The summed E-state index contributed by atoms with van der Waals surface area (Å²) in [7, 11) is 2.04. The molecular weight excluding hydrogens is 208 g/mol. The third kappa shape index (κ3) is 2.76. The van der Waals surface area contributed by atoms with Crippen molar-refractivity contribution in [2.24, 2.45) is 13.0 Å². The van der Waals surface area contributed by atoms with Gasteiger partial charge in [-0.05, 0) is 31.2 Å². The van der Waals surface area contributed by atoms with Crippen LogP contribution in [0, 0.1) is 5.92 Å². The van der Waals surface area contributed by atoms with Gasteiger partial charge in [0.25, 0.3) is 0 Å². The van der Waals surface area contributed by atoms with E-state index in [4.69, 9.17) is 11.6 Å². The molecule has 1 aromatic heterocycles. The lowest BCUT2D eigenvalue weighted by Crippen LogP contribution is -2.30. The van der Waals surface area contributed by atoms with Crippen LogP contribution in [0.2, 0.25) is 5.02 Å². The molecule has 1 aliphatic rings. The molecule has 1 fully saturated rings. The van der Waals surface area contributed by atoms with Gasteiger partial charge in [-0.3, -0.25) is 0 Å². The molecule has 0 bridgehead atoms. The average molecular weight is 227 g/mol. The molecule has 1 aromatic rings. The van der Waals surface area contributed by atoms with Crippen LogP contribution in [-0.2, 0) is 13.6 Å². The van der Waals surface area contributed by atoms with Gasteiger partial charge in [0.2, 0.25) is 0 Å². The second-order valence-electron chi connectivity index (χ2n) is 4.49. The zero-order valence-electron chi connectivity index (χ0n) is 9.46. The Kier molecular flexibility index (Phi) is 3.37. The van der Waals surface area contributed by atoms with Gasteiger partial charge >= 0.3 is 0 Å². The number of nitrogens with zero attached hydrogens (tertiary/aromatic N) is 1. The Morgan fingerprint density at radius 2 is 2.33 bits per heavy atom. The highest BCUT2D eigenvalue weighted by Gasteiger charge is 2.29. The first-order valence-electron chi connectivity index (χ1n) is 5.74. The minimum absolute atomic E-state index is 0.693. The van der Waals surface area contributed by atoms with Gasteiger partial charge in [0.05, 0.1) is 5.02 Å². The van der Waals surface area contributed by atoms with Crippen LogP contribution in [0.25, 0.3) is 0 Å². The van der Waals surface area contributed by atoms with E-state index in [1.165, 1.54) is 25.0 Å². The average Bonchev–Trinajstić information content (AvgIpc) is 2.96. The highest BCUT2D eigenvalue weighted by Crippen LogP contribution is 2.34. The third-order valence-electron chi connectivity index (χ3n) is 3.25. The molecule has 1 aliphatic carbocycles. The second kappa shape index (κ2) is 4.58. The molecule has 1 unspecified atom stereocenters. The zero-order valence-corrected chi connectivity index (χ0v) is 10.2. The summed E-state index contributed by atoms with van der Waals surface area (Å²) in [5.41, 5.74) is 1.26. The van der Waals surface area contributed by atoms with Crippen LogP contribution in [0.1, 0.15) is 31.9 Å². The van der Waals surface area contributed by atoms with E-state index < -0.39 is 0 Å². The molecule has 0 radical (unpaired) electrons. The summed E-state index contributed by atoms with van der Waals surface area (Å²) >= 11 is 5.94. The second-order valence-corrected chi connectivity index (χ2v) is 4.93. The van der Waals surface area contributed by atoms with Gasteiger partial charge in [0.15, 0.2) is 0 Å². The van der Waals surface area contributed by atoms with E-state index in [1.807, 2.05) is 19.3 Å². The first-order chi connectivity index (χ1) is 7.20. The van der Waals surface area contributed by atoms with E-state index in [2.05, 4.69) is 16.8 Å². The smallest absolute Gasteiger partial charge is 0.0585 e. The fourth-order valence-electron chi connectivity index (χ4n) is 2.12. The minimum atomic E-state index is 0.693. The maximum absolute atomic E-state index is 5.94. The third-order valence-corrected chi connectivity index (χ3v) is 3.46. The van der Waals surface area contributed by atoms with E-state index in [0.717, 1.165) is 17.5 Å². The molecule has 0 amide bonds. The molecule has 1 heterocycles. The van der Waals surface area contributed by atoms with Gasteiger partial charge < -0.3 is 9.88 Å². The monoisotopic (exact) mass is 226 g/mol. The molecule has 84 valence electrons. The van der Waals surface area contributed by atoms with Crippen LogP contribution < -0.4 is 5.32 Å². The number of aryl methyl sites for hydroxylation is 1. The molecule has 1 atom stereocenters. The van der Waals surface area contributed by atoms with Crippen molar-refractivity contribution < 1.29 is 0 Å². The molecule has 15 heavy (non-hydrogen) atoms. The Balaban J connectivity index is 1.88.